The van der Waals surface area contributed by atoms with Crippen LogP contribution in [-0.2, 0) is 0 Å². The van der Waals surface area contributed by atoms with Gasteiger partial charge in [0.15, 0.2) is 5.76 Å². The zero-order valence-corrected chi connectivity index (χ0v) is 17.0. The van der Waals surface area contributed by atoms with Gasteiger partial charge in [0.05, 0.1) is 12.8 Å². The van der Waals surface area contributed by atoms with Crippen LogP contribution >= 0.6 is 0 Å². The lowest BCUT2D eigenvalue weighted by molar-refractivity contribution is 0.271. The van der Waals surface area contributed by atoms with Crippen LogP contribution < -0.4 is 20.3 Å². The normalized spacial score (nSPS) is 14.2. The van der Waals surface area contributed by atoms with Crippen molar-refractivity contribution in [1.29, 1.82) is 0 Å². The fourth-order valence-electron chi connectivity index (χ4n) is 3.27. The highest BCUT2D eigenvalue weighted by Gasteiger charge is 2.11. The predicted octanol–water partition coefficient (Wildman–Crippen LogP) is 4.53. The van der Waals surface area contributed by atoms with E-state index < -0.39 is 0 Å². The highest BCUT2D eigenvalue weighted by Crippen LogP contribution is 2.28. The van der Waals surface area contributed by atoms with Crippen molar-refractivity contribution in [3.63, 3.8) is 0 Å². The minimum absolute atomic E-state index is 0.475. The van der Waals surface area contributed by atoms with Crippen molar-refractivity contribution in [3.05, 3.63) is 54.7 Å². The molecule has 0 unspecified atom stereocenters. The third-order valence-corrected chi connectivity index (χ3v) is 4.81. The standard InChI is InChI=1S/C23H28N4O2/c1-17(2)16-28-21-5-3-4-18(14-21)22-15-25-23(29-22)26-19-6-8-20(9-7-19)27-12-10-24-11-13-27/h3-9,14-15,17,24H,10-13,16H2,1-2H3,(H,25,26). The van der Waals surface area contributed by atoms with E-state index in [1.165, 1.54) is 5.69 Å². The van der Waals surface area contributed by atoms with Crippen molar-refractivity contribution in [3.8, 4) is 17.1 Å². The Bertz CT molecular complexity index is 915. The molecule has 2 aromatic carbocycles. The van der Waals surface area contributed by atoms with Gasteiger partial charge in [-0.15, -0.1) is 0 Å². The van der Waals surface area contributed by atoms with Crippen LogP contribution in [0.5, 0.6) is 5.75 Å². The van der Waals surface area contributed by atoms with Gasteiger partial charge in [-0.2, -0.15) is 0 Å². The number of anilines is 3. The molecular weight excluding hydrogens is 364 g/mol. The largest absolute Gasteiger partial charge is 0.493 e. The molecule has 2 N–H and O–H groups in total. The maximum absolute atomic E-state index is 5.90. The molecule has 1 aliphatic rings. The highest BCUT2D eigenvalue weighted by atomic mass is 16.5. The van der Waals surface area contributed by atoms with Gasteiger partial charge in [0.2, 0.25) is 0 Å². The van der Waals surface area contributed by atoms with E-state index in [1.807, 2.05) is 24.3 Å². The number of ether oxygens (including phenoxy) is 1. The third-order valence-electron chi connectivity index (χ3n) is 4.81. The van der Waals surface area contributed by atoms with Crippen LogP contribution in [0.4, 0.5) is 17.4 Å². The van der Waals surface area contributed by atoms with Crippen LogP contribution in [0, 0.1) is 5.92 Å². The second-order valence-corrected chi connectivity index (χ2v) is 7.67. The third kappa shape index (κ3) is 5.09. The van der Waals surface area contributed by atoms with Crippen LogP contribution in [-0.4, -0.2) is 37.8 Å². The Labute approximate surface area is 171 Å². The smallest absolute Gasteiger partial charge is 0.299 e. The summed E-state index contributed by atoms with van der Waals surface area (Å²) in [5.41, 5.74) is 3.13. The molecule has 1 saturated heterocycles. The number of hydrogen-bond acceptors (Lipinski definition) is 6. The monoisotopic (exact) mass is 392 g/mol. The molecule has 29 heavy (non-hydrogen) atoms. The van der Waals surface area contributed by atoms with Crippen LogP contribution in [0.15, 0.2) is 59.1 Å². The minimum Gasteiger partial charge on any atom is -0.493 e. The Morgan fingerprint density at radius 1 is 1.14 bits per heavy atom. The quantitative estimate of drug-likeness (QED) is 0.616. The summed E-state index contributed by atoms with van der Waals surface area (Å²) in [7, 11) is 0. The van der Waals surface area contributed by atoms with E-state index in [0.717, 1.165) is 43.2 Å². The second-order valence-electron chi connectivity index (χ2n) is 7.67. The van der Waals surface area contributed by atoms with E-state index in [2.05, 4.69) is 58.6 Å². The molecule has 3 aromatic rings. The molecule has 0 aliphatic carbocycles. The van der Waals surface area contributed by atoms with Gasteiger partial charge in [0.1, 0.15) is 5.75 Å². The van der Waals surface area contributed by atoms with Crippen LogP contribution in [0.1, 0.15) is 13.8 Å². The van der Waals surface area contributed by atoms with Crippen LogP contribution in [0.2, 0.25) is 0 Å². The molecule has 0 spiro atoms. The van der Waals surface area contributed by atoms with E-state index in [9.17, 15) is 0 Å². The van der Waals surface area contributed by atoms with E-state index in [-0.39, 0.29) is 0 Å². The van der Waals surface area contributed by atoms with Gasteiger partial charge in [0.25, 0.3) is 6.01 Å². The SMILES string of the molecule is CC(C)COc1cccc(-c2cnc(Nc3ccc(N4CCNCC4)cc3)o2)c1. The topological polar surface area (TPSA) is 62.6 Å². The first kappa shape index (κ1) is 19.3. The van der Waals surface area contributed by atoms with Crippen LogP contribution in [0.3, 0.4) is 0 Å². The molecule has 0 amide bonds. The number of aromatic nitrogens is 1. The molecular formula is C23H28N4O2. The zero-order valence-electron chi connectivity index (χ0n) is 17.0. The van der Waals surface area contributed by atoms with Crippen molar-refractivity contribution >= 4 is 17.4 Å². The van der Waals surface area contributed by atoms with Gasteiger partial charge < -0.3 is 24.7 Å². The number of benzene rings is 2. The first-order valence-electron chi connectivity index (χ1n) is 10.2. The molecule has 6 heteroatoms. The summed E-state index contributed by atoms with van der Waals surface area (Å²) < 4.78 is 11.7. The molecule has 2 heterocycles. The van der Waals surface area contributed by atoms with Gasteiger partial charge in [0, 0.05) is 43.1 Å². The maximum atomic E-state index is 5.90. The molecule has 1 aliphatic heterocycles. The van der Waals surface area contributed by atoms with Crippen molar-refractivity contribution < 1.29 is 9.15 Å². The number of nitrogens with one attached hydrogen (secondary N) is 2. The Hall–Kier alpha value is -2.99. The Kier molecular flexibility index (Phi) is 6.00. The Balaban J connectivity index is 1.41. The van der Waals surface area contributed by atoms with E-state index >= 15 is 0 Å². The van der Waals surface area contributed by atoms with Gasteiger partial charge >= 0.3 is 0 Å². The molecule has 0 bridgehead atoms. The average molecular weight is 393 g/mol. The van der Waals surface area contributed by atoms with Crippen molar-refractivity contribution in [2.24, 2.45) is 5.92 Å². The fourth-order valence-corrected chi connectivity index (χ4v) is 3.27. The van der Waals surface area contributed by atoms with Crippen molar-refractivity contribution in [2.75, 3.05) is 43.0 Å². The number of rotatable bonds is 7. The van der Waals surface area contributed by atoms with E-state index in [1.54, 1.807) is 6.20 Å². The molecule has 0 radical (unpaired) electrons. The molecule has 4 rings (SSSR count). The summed E-state index contributed by atoms with van der Waals surface area (Å²) >= 11 is 0. The Morgan fingerprint density at radius 3 is 2.69 bits per heavy atom. The van der Waals surface area contributed by atoms with Crippen molar-refractivity contribution in [1.82, 2.24) is 10.3 Å². The summed E-state index contributed by atoms with van der Waals surface area (Å²) in [6, 6.07) is 16.8. The second kappa shape index (κ2) is 9.01. The lowest BCUT2D eigenvalue weighted by Gasteiger charge is -2.29. The maximum Gasteiger partial charge on any atom is 0.299 e. The fraction of sp³-hybridized carbons (Fsp3) is 0.348. The summed E-state index contributed by atoms with van der Waals surface area (Å²) in [5.74, 6) is 2.03. The summed E-state index contributed by atoms with van der Waals surface area (Å²) in [6.07, 6.45) is 1.74. The number of nitrogens with zero attached hydrogens (tertiary/aromatic N) is 2. The van der Waals surface area contributed by atoms with Gasteiger partial charge in [-0.1, -0.05) is 26.0 Å². The molecule has 0 saturated carbocycles. The average Bonchev–Trinajstić information content (AvgIpc) is 3.22. The molecule has 152 valence electrons. The predicted molar refractivity (Wildman–Crippen MR) is 117 cm³/mol. The van der Waals surface area contributed by atoms with Gasteiger partial charge in [-0.05, 0) is 42.3 Å². The first-order valence-corrected chi connectivity index (χ1v) is 10.2. The Morgan fingerprint density at radius 2 is 1.93 bits per heavy atom. The van der Waals surface area contributed by atoms with E-state index in [0.29, 0.717) is 24.3 Å². The van der Waals surface area contributed by atoms with E-state index in [4.69, 9.17) is 9.15 Å². The zero-order chi connectivity index (χ0) is 20.1. The molecule has 0 atom stereocenters. The molecule has 6 nitrogen and oxygen atoms in total. The van der Waals surface area contributed by atoms with Crippen molar-refractivity contribution in [2.45, 2.75) is 13.8 Å². The molecule has 1 aromatic heterocycles. The van der Waals surface area contributed by atoms with Crippen LogP contribution in [0.25, 0.3) is 11.3 Å². The summed E-state index contributed by atoms with van der Waals surface area (Å²) in [6.45, 7) is 9.09. The number of piperazine rings is 1. The molecule has 1 fully saturated rings. The van der Waals surface area contributed by atoms with Gasteiger partial charge in [-0.25, -0.2) is 4.98 Å². The summed E-state index contributed by atoms with van der Waals surface area (Å²) in [4.78, 5) is 6.75. The lowest BCUT2D eigenvalue weighted by Crippen LogP contribution is -2.43. The number of hydrogen-bond donors (Lipinski definition) is 2. The van der Waals surface area contributed by atoms with Gasteiger partial charge in [-0.3, -0.25) is 0 Å². The number of oxazole rings is 1. The minimum atomic E-state index is 0.475. The summed E-state index contributed by atoms with van der Waals surface area (Å²) in [5, 5.41) is 6.62. The first-order chi connectivity index (χ1) is 14.2. The highest BCUT2D eigenvalue weighted by molar-refractivity contribution is 5.62. The lowest BCUT2D eigenvalue weighted by atomic mass is 10.2.